The van der Waals surface area contributed by atoms with Crippen LogP contribution >= 0.6 is 0 Å². The number of rotatable bonds is 3. The number of benzene rings is 1. The van der Waals surface area contributed by atoms with Gasteiger partial charge in [-0.05, 0) is 62.5 Å². The molecule has 3 aliphatic heterocycles. The molecule has 3 saturated heterocycles. The Kier molecular flexibility index (Phi) is 5.68. The number of nitrogens with zero attached hydrogens (tertiary/aromatic N) is 4. The Labute approximate surface area is 167 Å². The normalized spacial score (nSPS) is 25.7. The average molecular weight is 383 g/mol. The fourth-order valence-corrected chi connectivity index (χ4v) is 5.09. The van der Waals surface area contributed by atoms with Gasteiger partial charge in [-0.2, -0.15) is 5.26 Å². The highest BCUT2D eigenvalue weighted by atomic mass is 16.5. The number of morpholine rings is 1. The number of carbonyl (C=O) groups excluding carboxylic acids is 1. The Morgan fingerprint density at radius 3 is 2.71 bits per heavy atom. The molecule has 150 valence electrons. The van der Waals surface area contributed by atoms with Gasteiger partial charge in [0.2, 0.25) is 5.91 Å². The molecule has 28 heavy (non-hydrogen) atoms. The first-order valence-corrected chi connectivity index (χ1v) is 10.4. The van der Waals surface area contributed by atoms with Crippen LogP contribution in [0.15, 0.2) is 24.3 Å². The molecule has 0 N–H and O–H groups in total. The highest BCUT2D eigenvalue weighted by Gasteiger charge is 2.47. The molecule has 0 aromatic heterocycles. The van der Waals surface area contributed by atoms with Gasteiger partial charge in [0.25, 0.3) is 0 Å². The van der Waals surface area contributed by atoms with Crippen molar-refractivity contribution < 1.29 is 9.53 Å². The van der Waals surface area contributed by atoms with Crippen LogP contribution in [0.5, 0.6) is 0 Å². The molecule has 6 heteroatoms. The molecule has 1 amide bonds. The lowest BCUT2D eigenvalue weighted by atomic mass is 9.76. The summed E-state index contributed by atoms with van der Waals surface area (Å²) < 4.78 is 5.39. The first-order valence-electron chi connectivity index (χ1n) is 10.4. The molecule has 1 aromatic carbocycles. The summed E-state index contributed by atoms with van der Waals surface area (Å²) >= 11 is 0. The lowest BCUT2D eigenvalue weighted by molar-refractivity contribution is -0.139. The highest BCUT2D eigenvalue weighted by molar-refractivity contribution is 5.82. The Bertz CT molecular complexity index is 745. The van der Waals surface area contributed by atoms with Crippen LogP contribution in [0.4, 0.5) is 0 Å². The van der Waals surface area contributed by atoms with Crippen LogP contribution < -0.4 is 0 Å². The van der Waals surface area contributed by atoms with Crippen LogP contribution in [0.2, 0.25) is 0 Å². The number of likely N-dealkylation sites (N-methyl/N-ethyl adjacent to an activating group) is 1. The van der Waals surface area contributed by atoms with Crippen molar-refractivity contribution in [2.24, 2.45) is 5.41 Å². The molecule has 1 aromatic rings. The van der Waals surface area contributed by atoms with Crippen LogP contribution in [-0.2, 0) is 16.1 Å². The zero-order valence-electron chi connectivity index (χ0n) is 16.8. The van der Waals surface area contributed by atoms with Gasteiger partial charge in [-0.25, -0.2) is 0 Å². The van der Waals surface area contributed by atoms with E-state index in [9.17, 15) is 4.79 Å². The largest absolute Gasteiger partial charge is 0.378 e. The second-order valence-corrected chi connectivity index (χ2v) is 8.66. The van der Waals surface area contributed by atoms with E-state index in [1.165, 1.54) is 5.56 Å². The first kappa shape index (κ1) is 19.4. The lowest BCUT2D eigenvalue weighted by Gasteiger charge is -2.39. The molecule has 6 nitrogen and oxygen atoms in total. The van der Waals surface area contributed by atoms with Crippen molar-refractivity contribution in [2.75, 3.05) is 53.0 Å². The van der Waals surface area contributed by atoms with Crippen molar-refractivity contribution in [1.82, 2.24) is 14.7 Å². The summed E-state index contributed by atoms with van der Waals surface area (Å²) in [6, 6.07) is 10.2. The molecule has 0 saturated carbocycles. The van der Waals surface area contributed by atoms with Gasteiger partial charge in [-0.3, -0.25) is 14.6 Å². The summed E-state index contributed by atoms with van der Waals surface area (Å²) in [7, 11) is 2.11. The minimum absolute atomic E-state index is 0.0250. The molecular formula is C22H30N4O2. The van der Waals surface area contributed by atoms with Crippen molar-refractivity contribution in [1.29, 1.82) is 5.26 Å². The summed E-state index contributed by atoms with van der Waals surface area (Å²) in [6.45, 7) is 6.82. The summed E-state index contributed by atoms with van der Waals surface area (Å²) in [5, 5.41) is 9.09. The number of amides is 1. The van der Waals surface area contributed by atoms with E-state index in [1.807, 2.05) is 23.1 Å². The van der Waals surface area contributed by atoms with Crippen molar-refractivity contribution in [3.63, 3.8) is 0 Å². The van der Waals surface area contributed by atoms with E-state index in [0.717, 1.165) is 64.1 Å². The molecule has 3 aliphatic rings. The minimum Gasteiger partial charge on any atom is -0.378 e. The van der Waals surface area contributed by atoms with E-state index in [1.54, 1.807) is 0 Å². The van der Waals surface area contributed by atoms with Gasteiger partial charge in [-0.1, -0.05) is 12.1 Å². The molecule has 1 atom stereocenters. The van der Waals surface area contributed by atoms with Crippen molar-refractivity contribution in [3.05, 3.63) is 35.4 Å². The topological polar surface area (TPSA) is 59.8 Å². The standard InChI is InChI=1S/C22H30N4O2/c1-24-17-22(14-20(24)21(27)26-9-11-28-12-10-26)5-7-25(8-6-22)16-19-4-2-3-18(13-19)15-23/h2-4,13,20H,5-12,14,16-17H2,1H3. The molecule has 0 aliphatic carbocycles. The predicted molar refractivity (Wildman–Crippen MR) is 107 cm³/mol. The summed E-state index contributed by atoms with van der Waals surface area (Å²) in [6.07, 6.45) is 3.27. The number of hydrogen-bond acceptors (Lipinski definition) is 5. The molecular weight excluding hydrogens is 352 g/mol. The van der Waals surface area contributed by atoms with Gasteiger partial charge >= 0.3 is 0 Å². The molecule has 1 spiro atoms. The van der Waals surface area contributed by atoms with Gasteiger partial charge in [0.05, 0.1) is 30.9 Å². The van der Waals surface area contributed by atoms with E-state index in [-0.39, 0.29) is 11.5 Å². The fraction of sp³-hybridized carbons (Fsp3) is 0.636. The highest BCUT2D eigenvalue weighted by Crippen LogP contribution is 2.43. The van der Waals surface area contributed by atoms with Gasteiger partial charge in [-0.15, -0.1) is 0 Å². The lowest BCUT2D eigenvalue weighted by Crippen LogP contribution is -2.48. The quantitative estimate of drug-likeness (QED) is 0.796. The second kappa shape index (κ2) is 8.20. The molecule has 3 heterocycles. The maximum Gasteiger partial charge on any atom is 0.240 e. The smallest absolute Gasteiger partial charge is 0.240 e. The number of piperidine rings is 1. The zero-order valence-corrected chi connectivity index (χ0v) is 16.8. The molecule has 4 rings (SSSR count). The van der Waals surface area contributed by atoms with Gasteiger partial charge in [0.15, 0.2) is 0 Å². The molecule has 3 fully saturated rings. The number of likely N-dealkylation sites (tertiary alicyclic amines) is 2. The fourth-order valence-electron chi connectivity index (χ4n) is 5.09. The van der Waals surface area contributed by atoms with Gasteiger partial charge in [0, 0.05) is 26.2 Å². The van der Waals surface area contributed by atoms with E-state index in [4.69, 9.17) is 10.00 Å². The summed E-state index contributed by atoms with van der Waals surface area (Å²) in [5.74, 6) is 0.290. The predicted octanol–water partition coefficient (Wildman–Crippen LogP) is 1.70. The van der Waals surface area contributed by atoms with Crippen LogP contribution in [0, 0.1) is 16.7 Å². The third-order valence-corrected chi connectivity index (χ3v) is 6.73. The van der Waals surface area contributed by atoms with Gasteiger partial charge in [0.1, 0.15) is 0 Å². The van der Waals surface area contributed by atoms with Gasteiger partial charge < -0.3 is 9.64 Å². The second-order valence-electron chi connectivity index (χ2n) is 8.66. The van der Waals surface area contributed by atoms with Crippen molar-refractivity contribution in [2.45, 2.75) is 31.8 Å². The third-order valence-electron chi connectivity index (χ3n) is 6.73. The number of nitriles is 1. The Morgan fingerprint density at radius 2 is 2.00 bits per heavy atom. The average Bonchev–Trinajstić information content (AvgIpc) is 3.06. The number of carbonyl (C=O) groups is 1. The van der Waals surface area contributed by atoms with E-state index in [0.29, 0.717) is 19.1 Å². The van der Waals surface area contributed by atoms with E-state index in [2.05, 4.69) is 29.0 Å². The van der Waals surface area contributed by atoms with E-state index < -0.39 is 0 Å². The Hall–Kier alpha value is -1.94. The minimum atomic E-state index is 0.0250. The maximum atomic E-state index is 13.0. The third kappa shape index (κ3) is 4.07. The molecule has 0 radical (unpaired) electrons. The van der Waals surface area contributed by atoms with Crippen LogP contribution in [0.1, 0.15) is 30.4 Å². The maximum absolute atomic E-state index is 13.0. The summed E-state index contributed by atoms with van der Waals surface area (Å²) in [4.78, 5) is 19.7. The molecule has 0 bridgehead atoms. The SMILES string of the molecule is CN1CC2(CCN(Cc3cccc(C#N)c3)CC2)CC1C(=O)N1CCOCC1. The van der Waals surface area contributed by atoms with Crippen LogP contribution in [-0.4, -0.2) is 79.6 Å². The van der Waals surface area contributed by atoms with Crippen LogP contribution in [0.3, 0.4) is 0 Å². The number of hydrogen-bond donors (Lipinski definition) is 0. The van der Waals surface area contributed by atoms with Crippen LogP contribution in [0.25, 0.3) is 0 Å². The Morgan fingerprint density at radius 1 is 1.25 bits per heavy atom. The van der Waals surface area contributed by atoms with Crippen molar-refractivity contribution >= 4 is 5.91 Å². The number of ether oxygens (including phenoxy) is 1. The van der Waals surface area contributed by atoms with E-state index >= 15 is 0 Å². The Balaban J connectivity index is 1.33. The first-order chi connectivity index (χ1) is 13.6. The zero-order chi connectivity index (χ0) is 19.6. The van der Waals surface area contributed by atoms with Crippen molar-refractivity contribution in [3.8, 4) is 6.07 Å². The molecule has 1 unspecified atom stereocenters. The summed E-state index contributed by atoms with van der Waals surface area (Å²) in [5.41, 5.74) is 2.21. The monoisotopic (exact) mass is 382 g/mol.